The lowest BCUT2D eigenvalue weighted by atomic mass is 9.94. The van der Waals surface area contributed by atoms with E-state index in [4.69, 9.17) is 0 Å². The van der Waals surface area contributed by atoms with Gasteiger partial charge in [-0.1, -0.05) is 39.0 Å². The molecular weight excluding hydrogens is 269 g/mol. The number of carbonyl (C=O) groups is 1. The first-order chi connectivity index (χ1) is 9.18. The van der Waals surface area contributed by atoms with Crippen molar-refractivity contribution in [1.82, 2.24) is 10.4 Å². The molecule has 0 aromatic rings. The van der Waals surface area contributed by atoms with Crippen molar-refractivity contribution >= 4 is 5.91 Å². The molecule has 0 bridgehead atoms. The Labute approximate surface area is 118 Å². The molecule has 0 aromatic carbocycles. The zero-order chi connectivity index (χ0) is 15.4. The monoisotopic (exact) mass is 294 g/mol. The Kier molecular flexibility index (Phi) is 5.86. The summed E-state index contributed by atoms with van der Waals surface area (Å²) in [5.41, 5.74) is 1.62. The smallest absolute Gasteiger partial charge is 0.288 e. The van der Waals surface area contributed by atoms with Crippen molar-refractivity contribution in [2.45, 2.75) is 71.5 Å². The van der Waals surface area contributed by atoms with E-state index < -0.39 is 17.6 Å². The molecule has 1 aliphatic rings. The van der Waals surface area contributed by atoms with Crippen LogP contribution in [0.3, 0.4) is 0 Å². The van der Waals surface area contributed by atoms with E-state index in [0.29, 0.717) is 6.42 Å². The summed E-state index contributed by atoms with van der Waals surface area (Å²) in [6.45, 7) is 5.50. The number of hydrazine groups is 1. The van der Waals surface area contributed by atoms with Crippen LogP contribution < -0.4 is 5.43 Å². The highest BCUT2D eigenvalue weighted by Gasteiger charge is 2.49. The third-order valence-corrected chi connectivity index (χ3v) is 3.76. The Hall–Kier alpha value is -0.780. The molecule has 1 N–H and O–H groups in total. The van der Waals surface area contributed by atoms with Crippen LogP contribution in [0.5, 0.6) is 0 Å². The molecule has 1 fully saturated rings. The summed E-state index contributed by atoms with van der Waals surface area (Å²) in [7, 11) is 0. The lowest BCUT2D eigenvalue weighted by Gasteiger charge is -2.29. The summed E-state index contributed by atoms with van der Waals surface area (Å²) in [6.07, 6.45) is 0.187. The molecule has 118 valence electrons. The Morgan fingerprint density at radius 1 is 1.25 bits per heavy atom. The van der Waals surface area contributed by atoms with Gasteiger partial charge in [0.2, 0.25) is 5.91 Å². The van der Waals surface area contributed by atoms with Crippen LogP contribution in [0.2, 0.25) is 0 Å². The molecule has 1 unspecified atom stereocenters. The number of amides is 1. The average molecular weight is 294 g/mol. The van der Waals surface area contributed by atoms with Gasteiger partial charge < -0.3 is 0 Å². The van der Waals surface area contributed by atoms with Gasteiger partial charge in [-0.15, -0.1) is 0 Å². The third-order valence-electron chi connectivity index (χ3n) is 3.76. The number of nitrogens with zero attached hydrogens (tertiary/aromatic N) is 1. The van der Waals surface area contributed by atoms with Crippen molar-refractivity contribution in [2.75, 3.05) is 6.54 Å². The molecule has 0 aliphatic carbocycles. The maximum atomic E-state index is 13.1. The van der Waals surface area contributed by atoms with Crippen molar-refractivity contribution in [3.05, 3.63) is 0 Å². The molecule has 0 radical (unpaired) electrons. The third kappa shape index (κ3) is 4.65. The van der Waals surface area contributed by atoms with Crippen LogP contribution in [0, 0.1) is 5.41 Å². The van der Waals surface area contributed by atoms with Crippen LogP contribution in [0.1, 0.15) is 59.3 Å². The van der Waals surface area contributed by atoms with Gasteiger partial charge in [0, 0.05) is 6.54 Å². The van der Waals surface area contributed by atoms with Gasteiger partial charge in [0.05, 0.1) is 5.41 Å². The van der Waals surface area contributed by atoms with Gasteiger partial charge in [0.25, 0.3) is 0 Å². The zero-order valence-electron chi connectivity index (χ0n) is 12.5. The summed E-state index contributed by atoms with van der Waals surface area (Å²) in [4.78, 5) is 11.6. The highest BCUT2D eigenvalue weighted by molar-refractivity contribution is 5.83. The quantitative estimate of drug-likeness (QED) is 0.727. The highest BCUT2D eigenvalue weighted by atomic mass is 19.4. The van der Waals surface area contributed by atoms with Crippen LogP contribution in [-0.2, 0) is 4.79 Å². The Balaban J connectivity index is 2.56. The molecule has 1 aliphatic heterocycles. The number of nitrogens with one attached hydrogen (secondary N) is 1. The van der Waals surface area contributed by atoms with Crippen molar-refractivity contribution in [2.24, 2.45) is 5.41 Å². The maximum absolute atomic E-state index is 13.1. The van der Waals surface area contributed by atoms with Gasteiger partial charge in [-0.05, 0) is 20.3 Å². The highest BCUT2D eigenvalue weighted by Crippen LogP contribution is 2.33. The van der Waals surface area contributed by atoms with Gasteiger partial charge >= 0.3 is 6.18 Å². The van der Waals surface area contributed by atoms with E-state index in [1.807, 2.05) is 0 Å². The van der Waals surface area contributed by atoms with Gasteiger partial charge in [0.1, 0.15) is 6.04 Å². The second kappa shape index (κ2) is 6.78. The van der Waals surface area contributed by atoms with Crippen LogP contribution in [-0.4, -0.2) is 29.7 Å². The molecule has 0 saturated carbocycles. The van der Waals surface area contributed by atoms with E-state index in [1.54, 1.807) is 13.8 Å². The van der Waals surface area contributed by atoms with E-state index in [9.17, 15) is 18.0 Å². The number of carbonyl (C=O) groups excluding carboxylic acids is 1. The molecule has 1 rings (SSSR count). The molecule has 1 saturated heterocycles. The largest absolute Gasteiger partial charge is 0.405 e. The number of rotatable bonds is 7. The van der Waals surface area contributed by atoms with Crippen molar-refractivity contribution in [3.8, 4) is 0 Å². The fourth-order valence-corrected chi connectivity index (χ4v) is 2.44. The van der Waals surface area contributed by atoms with Gasteiger partial charge in [-0.25, -0.2) is 5.01 Å². The number of halogens is 3. The normalized spacial score (nSPS) is 21.0. The predicted octanol–water partition coefficient (Wildman–Crippen LogP) is 3.65. The van der Waals surface area contributed by atoms with E-state index in [1.165, 1.54) is 0 Å². The summed E-state index contributed by atoms with van der Waals surface area (Å²) in [5, 5.41) is 1.07. The lowest BCUT2D eigenvalue weighted by molar-refractivity contribution is -0.190. The Morgan fingerprint density at radius 2 is 1.85 bits per heavy atom. The topological polar surface area (TPSA) is 32.3 Å². The van der Waals surface area contributed by atoms with Crippen molar-refractivity contribution in [1.29, 1.82) is 0 Å². The summed E-state index contributed by atoms with van der Waals surface area (Å²) < 4.78 is 39.4. The standard InChI is InChI=1S/C14H25F3N2O/c1-4-5-6-7-8-9-11(14(15,16)17)19-10-13(2,3)12(20)18-19/h11H,4-10H2,1-3H3,(H,18,20). The summed E-state index contributed by atoms with van der Waals surface area (Å²) >= 11 is 0. The minimum absolute atomic E-state index is 0.0452. The predicted molar refractivity (Wildman–Crippen MR) is 71.8 cm³/mol. The number of alkyl halides is 3. The van der Waals surface area contributed by atoms with E-state index in [2.05, 4.69) is 12.3 Å². The first kappa shape index (κ1) is 17.3. The fraction of sp³-hybridized carbons (Fsp3) is 0.929. The molecule has 6 heteroatoms. The SMILES string of the molecule is CCCCCCCC(N1CC(C)(C)C(=O)N1)C(F)(F)F. The van der Waals surface area contributed by atoms with Gasteiger partial charge in [-0.2, -0.15) is 13.2 Å². The van der Waals surface area contributed by atoms with Crippen molar-refractivity contribution < 1.29 is 18.0 Å². The average Bonchev–Trinajstić information content (AvgIpc) is 2.56. The van der Waals surface area contributed by atoms with Crippen LogP contribution in [0.25, 0.3) is 0 Å². The second-order valence-electron chi connectivity index (χ2n) is 6.21. The first-order valence-corrected chi connectivity index (χ1v) is 7.33. The van der Waals surface area contributed by atoms with E-state index in [0.717, 1.165) is 30.7 Å². The van der Waals surface area contributed by atoms with Crippen LogP contribution in [0.15, 0.2) is 0 Å². The Bertz CT molecular complexity index is 329. The number of unbranched alkanes of at least 4 members (excludes halogenated alkanes) is 4. The molecule has 1 atom stereocenters. The molecule has 0 aromatic heterocycles. The minimum Gasteiger partial charge on any atom is -0.288 e. The minimum atomic E-state index is -4.31. The van der Waals surface area contributed by atoms with Gasteiger partial charge in [-0.3, -0.25) is 10.2 Å². The molecule has 1 amide bonds. The van der Waals surface area contributed by atoms with E-state index in [-0.39, 0.29) is 18.9 Å². The number of hydrogen-bond acceptors (Lipinski definition) is 2. The second-order valence-corrected chi connectivity index (χ2v) is 6.21. The Morgan fingerprint density at radius 3 is 2.30 bits per heavy atom. The summed E-state index contributed by atoms with van der Waals surface area (Å²) in [6, 6.07) is -1.57. The van der Waals surface area contributed by atoms with Crippen LogP contribution in [0.4, 0.5) is 13.2 Å². The number of hydrogen-bond donors (Lipinski definition) is 1. The van der Waals surface area contributed by atoms with E-state index >= 15 is 0 Å². The zero-order valence-corrected chi connectivity index (χ0v) is 12.5. The lowest BCUT2D eigenvalue weighted by Crippen LogP contribution is -2.49. The molecule has 3 nitrogen and oxygen atoms in total. The van der Waals surface area contributed by atoms with Crippen molar-refractivity contribution in [3.63, 3.8) is 0 Å². The summed E-state index contributed by atoms with van der Waals surface area (Å²) in [5.74, 6) is -0.335. The molecule has 0 spiro atoms. The first-order valence-electron chi connectivity index (χ1n) is 7.33. The molecule has 1 heterocycles. The molecule has 20 heavy (non-hydrogen) atoms. The van der Waals surface area contributed by atoms with Gasteiger partial charge in [0.15, 0.2) is 0 Å². The molecular formula is C14H25F3N2O. The van der Waals surface area contributed by atoms with Crippen LogP contribution >= 0.6 is 0 Å². The fourth-order valence-electron chi connectivity index (χ4n) is 2.44. The maximum Gasteiger partial charge on any atom is 0.405 e.